The minimum atomic E-state index is -0.0157. The van der Waals surface area contributed by atoms with Crippen LogP contribution in [-0.4, -0.2) is 12.1 Å². The summed E-state index contributed by atoms with van der Waals surface area (Å²) in [6.45, 7) is 22.5. The van der Waals surface area contributed by atoms with Crippen LogP contribution in [0.5, 0.6) is 0 Å². The fourth-order valence-electron chi connectivity index (χ4n) is 12.8. The van der Waals surface area contributed by atoms with E-state index < -0.39 is 0 Å². The van der Waals surface area contributed by atoms with Gasteiger partial charge >= 0.3 is 5.97 Å². The number of ether oxygens (including phenoxy) is 1. The van der Waals surface area contributed by atoms with E-state index in [0.717, 1.165) is 36.5 Å². The fraction of sp³-hybridized carbons (Fsp3) is 0.769. The molecule has 5 fully saturated rings. The molecule has 5 saturated carbocycles. The van der Waals surface area contributed by atoms with Crippen molar-refractivity contribution in [1.82, 2.24) is 0 Å². The Hall–Kier alpha value is -1.57. The molecule has 0 heterocycles. The van der Waals surface area contributed by atoms with E-state index in [2.05, 4.69) is 79.3 Å². The lowest BCUT2D eigenvalue weighted by molar-refractivity contribution is -0.249. The minimum absolute atomic E-state index is 0.0100. The zero-order valence-corrected chi connectivity index (χ0v) is 27.4. The Morgan fingerprint density at radius 3 is 2.27 bits per heavy atom. The number of carbonyl (C=O) groups excluding carboxylic acids is 1. The highest BCUT2D eigenvalue weighted by Gasteiger charge is 2.70. The zero-order chi connectivity index (χ0) is 29.4. The number of rotatable bonds is 5. The molecule has 0 aromatic heterocycles. The second kappa shape index (κ2) is 9.99. The third kappa shape index (κ3) is 4.34. The van der Waals surface area contributed by atoms with E-state index in [-0.39, 0.29) is 17.5 Å². The summed E-state index contributed by atoms with van der Waals surface area (Å²) >= 11 is 0. The lowest BCUT2D eigenvalue weighted by atomic mass is 9.32. The van der Waals surface area contributed by atoms with Gasteiger partial charge in [-0.3, -0.25) is 4.79 Å². The lowest BCUT2D eigenvalue weighted by Gasteiger charge is -2.73. The van der Waals surface area contributed by atoms with Gasteiger partial charge in [0.15, 0.2) is 0 Å². The molecule has 5 aliphatic carbocycles. The highest BCUT2D eigenvalue weighted by atomic mass is 16.5. The van der Waals surface area contributed by atoms with Gasteiger partial charge in [0.05, 0.1) is 0 Å². The molecular formula is C39H58O2. The first-order valence-electron chi connectivity index (χ1n) is 17.2. The van der Waals surface area contributed by atoms with E-state index >= 15 is 0 Å². The van der Waals surface area contributed by atoms with Crippen molar-refractivity contribution in [3.05, 3.63) is 48.0 Å². The van der Waals surface area contributed by atoms with Crippen LogP contribution in [0, 0.1) is 56.7 Å². The molecule has 1 aromatic carbocycles. The van der Waals surface area contributed by atoms with Crippen LogP contribution in [0.2, 0.25) is 0 Å². The van der Waals surface area contributed by atoms with Crippen LogP contribution < -0.4 is 0 Å². The van der Waals surface area contributed by atoms with Gasteiger partial charge in [-0.1, -0.05) is 84.0 Å². The summed E-state index contributed by atoms with van der Waals surface area (Å²) in [5, 5.41) is 0. The number of allylic oxidation sites excluding steroid dienone is 1. The SMILES string of the molecule is C=C(C)C1CCC2(C)CCC3(C)C(CCC4C5(C)CCC(OC(=O)CCc6ccccc6)C(C)(C)C5CCC43C)C12. The van der Waals surface area contributed by atoms with Crippen LogP contribution in [0.4, 0.5) is 0 Å². The normalized spacial score (nSPS) is 46.4. The standard InChI is InChI=1S/C39H58O2/c1-26(2)28-18-21-36(5)24-25-38(7)29(34(28)36)15-16-31-37(6)22-20-32(35(3,4)30(37)19-23-39(31,38)8)41-33(40)17-14-27-12-10-9-11-13-27/h9-13,28-32,34H,1,14-25H2,2-8H3. The van der Waals surface area contributed by atoms with Gasteiger partial charge in [0, 0.05) is 11.8 Å². The van der Waals surface area contributed by atoms with E-state index in [1.165, 1.54) is 68.9 Å². The molecule has 0 aliphatic heterocycles. The molecule has 0 saturated heterocycles. The molecule has 1 aromatic rings. The largest absolute Gasteiger partial charge is 0.462 e. The number of aryl methyl sites for hydroxylation is 1. The Kier molecular flexibility index (Phi) is 7.18. The number of carbonyl (C=O) groups is 1. The molecule has 6 rings (SSSR count). The summed E-state index contributed by atoms with van der Waals surface area (Å²) in [4.78, 5) is 13.1. The predicted octanol–water partition coefficient (Wildman–Crippen LogP) is 10.2. The minimum Gasteiger partial charge on any atom is -0.462 e. The predicted molar refractivity (Wildman–Crippen MR) is 169 cm³/mol. The summed E-state index contributed by atoms with van der Waals surface area (Å²) in [6.07, 6.45) is 14.5. The van der Waals surface area contributed by atoms with Crippen LogP contribution in [0.1, 0.15) is 125 Å². The first-order valence-corrected chi connectivity index (χ1v) is 17.2. The molecule has 2 nitrogen and oxygen atoms in total. The maximum Gasteiger partial charge on any atom is 0.306 e. The molecule has 2 heteroatoms. The Bertz CT molecular complexity index is 1170. The van der Waals surface area contributed by atoms with Gasteiger partial charge in [-0.05, 0) is 134 Å². The summed E-state index contributed by atoms with van der Waals surface area (Å²) in [5.74, 6) is 3.74. The average molecular weight is 559 g/mol. The maximum absolute atomic E-state index is 13.1. The topological polar surface area (TPSA) is 26.3 Å². The molecule has 10 atom stereocenters. The van der Waals surface area contributed by atoms with Crippen molar-refractivity contribution in [2.75, 3.05) is 0 Å². The van der Waals surface area contributed by atoms with Crippen molar-refractivity contribution in [2.24, 2.45) is 56.7 Å². The third-order valence-corrected chi connectivity index (χ3v) is 15.2. The molecule has 5 aliphatic rings. The lowest BCUT2D eigenvalue weighted by Crippen LogP contribution is -2.66. The average Bonchev–Trinajstić information content (AvgIpc) is 3.28. The molecule has 226 valence electrons. The summed E-state index contributed by atoms with van der Waals surface area (Å²) in [6, 6.07) is 10.3. The fourth-order valence-corrected chi connectivity index (χ4v) is 12.8. The van der Waals surface area contributed by atoms with E-state index in [0.29, 0.717) is 34.0 Å². The number of hydrogen-bond acceptors (Lipinski definition) is 2. The quantitative estimate of drug-likeness (QED) is 0.265. The van der Waals surface area contributed by atoms with E-state index in [9.17, 15) is 4.79 Å². The van der Waals surface area contributed by atoms with E-state index in [4.69, 9.17) is 4.74 Å². The molecule has 0 radical (unpaired) electrons. The van der Waals surface area contributed by atoms with Crippen LogP contribution >= 0.6 is 0 Å². The van der Waals surface area contributed by atoms with Gasteiger partial charge in [0.25, 0.3) is 0 Å². The number of fused-ring (bicyclic) bond motifs is 7. The number of benzene rings is 1. The highest BCUT2D eigenvalue weighted by Crippen LogP contribution is 2.77. The molecule has 0 spiro atoms. The van der Waals surface area contributed by atoms with Crippen molar-refractivity contribution >= 4 is 5.97 Å². The van der Waals surface area contributed by atoms with E-state index in [1.54, 1.807) is 0 Å². The van der Waals surface area contributed by atoms with Crippen LogP contribution in [0.25, 0.3) is 0 Å². The van der Waals surface area contributed by atoms with Gasteiger partial charge in [-0.2, -0.15) is 0 Å². The molecule has 0 bridgehead atoms. The first kappa shape index (κ1) is 29.5. The van der Waals surface area contributed by atoms with Gasteiger partial charge in [-0.25, -0.2) is 0 Å². The molecule has 41 heavy (non-hydrogen) atoms. The number of esters is 1. The Labute approximate surface area is 251 Å². The van der Waals surface area contributed by atoms with Crippen LogP contribution in [0.15, 0.2) is 42.5 Å². The molecule has 0 amide bonds. The molecule has 10 unspecified atom stereocenters. The van der Waals surface area contributed by atoms with Crippen molar-refractivity contribution < 1.29 is 9.53 Å². The third-order valence-electron chi connectivity index (χ3n) is 15.2. The Morgan fingerprint density at radius 2 is 1.56 bits per heavy atom. The van der Waals surface area contributed by atoms with E-state index in [1.807, 2.05) is 6.07 Å². The van der Waals surface area contributed by atoms with Gasteiger partial charge in [0.2, 0.25) is 0 Å². The monoisotopic (exact) mass is 558 g/mol. The second-order valence-corrected chi connectivity index (χ2v) is 17.2. The summed E-state index contributed by atoms with van der Waals surface area (Å²) in [7, 11) is 0. The van der Waals surface area contributed by atoms with Crippen molar-refractivity contribution in [1.29, 1.82) is 0 Å². The van der Waals surface area contributed by atoms with Gasteiger partial charge < -0.3 is 4.74 Å². The molecular weight excluding hydrogens is 500 g/mol. The first-order chi connectivity index (χ1) is 19.3. The van der Waals surface area contributed by atoms with Crippen LogP contribution in [-0.2, 0) is 16.0 Å². The van der Waals surface area contributed by atoms with Crippen molar-refractivity contribution in [2.45, 2.75) is 132 Å². The maximum atomic E-state index is 13.1. The summed E-state index contributed by atoms with van der Waals surface area (Å²) in [5.41, 5.74) is 4.31. The van der Waals surface area contributed by atoms with Crippen molar-refractivity contribution in [3.63, 3.8) is 0 Å². The smallest absolute Gasteiger partial charge is 0.306 e. The molecule has 0 N–H and O–H groups in total. The Balaban J connectivity index is 1.21. The highest BCUT2D eigenvalue weighted by molar-refractivity contribution is 5.70. The van der Waals surface area contributed by atoms with Crippen molar-refractivity contribution in [3.8, 4) is 0 Å². The Morgan fingerprint density at radius 1 is 0.829 bits per heavy atom. The summed E-state index contributed by atoms with van der Waals surface area (Å²) < 4.78 is 6.33. The van der Waals surface area contributed by atoms with Gasteiger partial charge in [-0.15, -0.1) is 0 Å². The zero-order valence-electron chi connectivity index (χ0n) is 27.4. The second-order valence-electron chi connectivity index (χ2n) is 17.2. The van der Waals surface area contributed by atoms with Crippen LogP contribution in [0.3, 0.4) is 0 Å². The van der Waals surface area contributed by atoms with Gasteiger partial charge in [0.1, 0.15) is 6.10 Å². The number of hydrogen-bond donors (Lipinski definition) is 0.